The zero-order valence-corrected chi connectivity index (χ0v) is 19.5. The summed E-state index contributed by atoms with van der Waals surface area (Å²) in [6, 6.07) is 9.39. The van der Waals surface area contributed by atoms with Crippen molar-refractivity contribution in [2.75, 3.05) is 26.8 Å². The van der Waals surface area contributed by atoms with Gasteiger partial charge in [-0.2, -0.15) is 5.10 Å². The van der Waals surface area contributed by atoms with Crippen molar-refractivity contribution in [2.24, 2.45) is 0 Å². The number of benzene rings is 1. The molecule has 2 amide bonds. The quantitative estimate of drug-likeness (QED) is 0.597. The fourth-order valence-corrected chi connectivity index (χ4v) is 3.98. The molecule has 10 heteroatoms. The summed E-state index contributed by atoms with van der Waals surface area (Å²) < 4.78 is 12.0. The fourth-order valence-electron chi connectivity index (χ4n) is 3.98. The summed E-state index contributed by atoms with van der Waals surface area (Å²) in [5.41, 5.74) is 2.63. The molecule has 0 unspecified atom stereocenters. The third kappa shape index (κ3) is 4.85. The summed E-state index contributed by atoms with van der Waals surface area (Å²) in [6.45, 7) is 5.04. The molecule has 1 N–H and O–H groups in total. The molecular formula is C24H28N6O4. The lowest BCUT2D eigenvalue weighted by atomic mass is 10.0. The van der Waals surface area contributed by atoms with E-state index in [1.807, 2.05) is 31.2 Å². The van der Waals surface area contributed by atoms with Crippen LogP contribution in [-0.4, -0.2) is 69.5 Å². The average molecular weight is 465 g/mol. The molecule has 0 aliphatic carbocycles. The summed E-state index contributed by atoms with van der Waals surface area (Å²) >= 11 is 0. The smallest absolute Gasteiger partial charge is 0.409 e. The zero-order valence-electron chi connectivity index (χ0n) is 19.5. The Morgan fingerprint density at radius 2 is 1.94 bits per heavy atom. The van der Waals surface area contributed by atoms with Crippen LogP contribution in [-0.2, 0) is 4.74 Å². The lowest BCUT2D eigenvalue weighted by molar-refractivity contribution is 0.0859. The number of carbonyl (C=O) groups excluding carboxylic acids is 2. The highest BCUT2D eigenvalue weighted by Crippen LogP contribution is 2.28. The molecule has 4 rings (SSSR count). The molecule has 178 valence electrons. The maximum Gasteiger partial charge on any atom is 0.409 e. The maximum absolute atomic E-state index is 12.9. The molecular weight excluding hydrogens is 436 g/mol. The first-order chi connectivity index (χ1) is 16.5. The van der Waals surface area contributed by atoms with Crippen LogP contribution in [0.2, 0.25) is 0 Å². The minimum Gasteiger partial charge on any atom is -0.496 e. The highest BCUT2D eigenvalue weighted by molar-refractivity contribution is 5.95. The minimum absolute atomic E-state index is 0.0222. The standard InChI is InChI=1S/C24H28N6O4/c1-4-34-24(32)29-13-10-17(11-14-29)27-22(31)19-15-26-30(16(19)2)23-25-12-9-20(28-23)18-7-5-6-8-21(18)33-3/h5-9,12,15,17H,4,10-11,13-14H2,1-3H3,(H,27,31). The van der Waals surface area contributed by atoms with Crippen LogP contribution in [0.15, 0.2) is 42.7 Å². The molecule has 0 spiro atoms. The molecule has 2 aromatic heterocycles. The molecule has 34 heavy (non-hydrogen) atoms. The number of ether oxygens (including phenoxy) is 2. The zero-order chi connectivity index (χ0) is 24.1. The Bertz CT molecular complexity index is 1170. The van der Waals surface area contributed by atoms with E-state index in [9.17, 15) is 9.59 Å². The third-order valence-corrected chi connectivity index (χ3v) is 5.83. The molecule has 0 bridgehead atoms. The van der Waals surface area contributed by atoms with Gasteiger partial charge in [0.05, 0.1) is 36.9 Å². The Kier molecular flexibility index (Phi) is 7.05. The molecule has 1 aliphatic rings. The van der Waals surface area contributed by atoms with Crippen LogP contribution in [0.5, 0.6) is 5.75 Å². The van der Waals surface area contributed by atoms with Crippen LogP contribution >= 0.6 is 0 Å². The number of methoxy groups -OCH3 is 1. The number of aromatic nitrogens is 4. The lowest BCUT2D eigenvalue weighted by Crippen LogP contribution is -2.46. The van der Waals surface area contributed by atoms with Gasteiger partial charge in [0.2, 0.25) is 0 Å². The second kappa shape index (κ2) is 10.3. The predicted molar refractivity (Wildman–Crippen MR) is 125 cm³/mol. The molecule has 3 aromatic rings. The Labute approximate surface area is 197 Å². The van der Waals surface area contributed by atoms with Gasteiger partial charge in [-0.1, -0.05) is 12.1 Å². The van der Waals surface area contributed by atoms with Gasteiger partial charge in [-0.15, -0.1) is 0 Å². The van der Waals surface area contributed by atoms with Crippen molar-refractivity contribution in [1.29, 1.82) is 0 Å². The van der Waals surface area contributed by atoms with Crippen molar-refractivity contribution in [3.63, 3.8) is 0 Å². The number of nitrogens with zero attached hydrogens (tertiary/aromatic N) is 5. The van der Waals surface area contributed by atoms with Crippen LogP contribution in [0.1, 0.15) is 35.8 Å². The Morgan fingerprint density at radius 1 is 1.18 bits per heavy atom. The predicted octanol–water partition coefficient (Wildman–Crippen LogP) is 3.00. The van der Waals surface area contributed by atoms with E-state index in [4.69, 9.17) is 9.47 Å². The first-order valence-electron chi connectivity index (χ1n) is 11.3. The minimum atomic E-state index is -0.306. The van der Waals surface area contributed by atoms with E-state index in [1.54, 1.807) is 35.9 Å². The van der Waals surface area contributed by atoms with Crippen molar-refractivity contribution in [3.05, 3.63) is 54.0 Å². The molecule has 1 aliphatic heterocycles. The van der Waals surface area contributed by atoms with Crippen LogP contribution in [0, 0.1) is 6.92 Å². The van der Waals surface area contributed by atoms with Gasteiger partial charge < -0.3 is 19.7 Å². The summed E-state index contributed by atoms with van der Waals surface area (Å²) in [5.74, 6) is 0.861. The van der Waals surface area contributed by atoms with Gasteiger partial charge >= 0.3 is 6.09 Å². The summed E-state index contributed by atoms with van der Waals surface area (Å²) in [5, 5.41) is 7.42. The Morgan fingerprint density at radius 3 is 2.68 bits per heavy atom. The van der Waals surface area contributed by atoms with Crippen molar-refractivity contribution in [2.45, 2.75) is 32.7 Å². The van der Waals surface area contributed by atoms with Gasteiger partial charge in [0.1, 0.15) is 5.75 Å². The first kappa shape index (κ1) is 23.2. The molecule has 3 heterocycles. The van der Waals surface area contributed by atoms with Gasteiger partial charge in [0.25, 0.3) is 11.9 Å². The molecule has 10 nitrogen and oxygen atoms in total. The van der Waals surface area contributed by atoms with Crippen LogP contribution < -0.4 is 10.1 Å². The molecule has 1 fully saturated rings. The number of amides is 2. The second-order valence-corrected chi connectivity index (χ2v) is 7.93. The number of likely N-dealkylation sites (tertiary alicyclic amines) is 1. The number of carbonyl (C=O) groups is 2. The highest BCUT2D eigenvalue weighted by Gasteiger charge is 2.26. The summed E-state index contributed by atoms with van der Waals surface area (Å²) in [7, 11) is 1.62. The Balaban J connectivity index is 1.46. The number of piperidine rings is 1. The SMILES string of the molecule is CCOC(=O)N1CCC(NC(=O)c2cnn(-c3nccc(-c4ccccc4OC)n3)c2C)CC1. The largest absolute Gasteiger partial charge is 0.496 e. The normalized spacial score (nSPS) is 14.0. The van der Waals surface area contributed by atoms with E-state index in [0.717, 1.165) is 5.56 Å². The fraction of sp³-hybridized carbons (Fsp3) is 0.375. The van der Waals surface area contributed by atoms with E-state index in [0.29, 0.717) is 61.2 Å². The number of nitrogens with one attached hydrogen (secondary N) is 1. The van der Waals surface area contributed by atoms with Gasteiger partial charge in [0, 0.05) is 30.9 Å². The molecule has 0 radical (unpaired) electrons. The van der Waals surface area contributed by atoms with Gasteiger partial charge in [-0.05, 0) is 44.9 Å². The van der Waals surface area contributed by atoms with E-state index in [2.05, 4.69) is 20.4 Å². The number of rotatable bonds is 6. The number of para-hydroxylation sites is 1. The monoisotopic (exact) mass is 464 g/mol. The number of hydrogen-bond acceptors (Lipinski definition) is 7. The van der Waals surface area contributed by atoms with Crippen molar-refractivity contribution in [1.82, 2.24) is 30.0 Å². The average Bonchev–Trinajstić information content (AvgIpc) is 3.26. The van der Waals surface area contributed by atoms with Gasteiger partial charge in [0.15, 0.2) is 0 Å². The van der Waals surface area contributed by atoms with Crippen LogP contribution in [0.4, 0.5) is 4.79 Å². The van der Waals surface area contributed by atoms with E-state index >= 15 is 0 Å². The third-order valence-electron chi connectivity index (χ3n) is 5.83. The first-order valence-corrected chi connectivity index (χ1v) is 11.3. The lowest BCUT2D eigenvalue weighted by Gasteiger charge is -2.31. The summed E-state index contributed by atoms with van der Waals surface area (Å²) in [4.78, 5) is 35.5. The Hall–Kier alpha value is -3.95. The van der Waals surface area contributed by atoms with E-state index in [-0.39, 0.29) is 18.0 Å². The maximum atomic E-state index is 12.9. The van der Waals surface area contributed by atoms with E-state index < -0.39 is 0 Å². The molecule has 1 aromatic carbocycles. The summed E-state index contributed by atoms with van der Waals surface area (Å²) in [6.07, 6.45) is 4.21. The highest BCUT2D eigenvalue weighted by atomic mass is 16.6. The van der Waals surface area contributed by atoms with Crippen LogP contribution in [0.25, 0.3) is 17.2 Å². The second-order valence-electron chi connectivity index (χ2n) is 7.93. The molecule has 0 atom stereocenters. The molecule has 0 saturated carbocycles. The van der Waals surface area contributed by atoms with Crippen molar-refractivity contribution >= 4 is 12.0 Å². The van der Waals surface area contributed by atoms with Crippen LogP contribution in [0.3, 0.4) is 0 Å². The van der Waals surface area contributed by atoms with Gasteiger partial charge in [-0.3, -0.25) is 4.79 Å². The molecule has 1 saturated heterocycles. The van der Waals surface area contributed by atoms with Gasteiger partial charge in [-0.25, -0.2) is 19.4 Å². The topological polar surface area (TPSA) is 111 Å². The van der Waals surface area contributed by atoms with Crippen molar-refractivity contribution in [3.8, 4) is 23.0 Å². The van der Waals surface area contributed by atoms with Crippen molar-refractivity contribution < 1.29 is 19.1 Å². The number of hydrogen-bond donors (Lipinski definition) is 1. The van der Waals surface area contributed by atoms with E-state index in [1.165, 1.54) is 6.20 Å².